The van der Waals surface area contributed by atoms with E-state index in [9.17, 15) is 117 Å². The first-order valence-electron chi connectivity index (χ1n) is 37.7. The number of carbonyl (C=O) groups is 17. The van der Waals surface area contributed by atoms with Gasteiger partial charge >= 0.3 is 17.9 Å². The van der Waals surface area contributed by atoms with Crippen LogP contribution in [0, 0.1) is 17.8 Å². The van der Waals surface area contributed by atoms with Crippen molar-refractivity contribution in [1.82, 2.24) is 79.1 Å². The SMILES string of the molecule is CC(=O)N[C@H](C(=O)N[C@H](C(=O)N[C@@H](C)C(=O)N[C@H](C(=O)N[C@@H](CO)C(=O)N[C@@H](Cc1c[nH]c2ccccc12)C(=O)N[C@@H](CCC(=O)O)C(=O)N[C@@H](CCC(=O)O)C(=O)N[C@@H](Cc1ccc(O)cc1)C(=O)N[C@@H](CC(C)C)C(=O)N[C@@H](CC(=O)O)C(=O)N[C@@H](Cc1c[nH]c2ccccc12)C(=O)N[C@H](C(N)=O)C(C)C)[C@@H](C)O)C(C)C)[C@@H](C)O. The molecule has 2 aromatic heterocycles. The molecule has 0 aliphatic carbocycles. The number of aliphatic hydroxyl groups is 3. The quantitative estimate of drug-likeness (QED) is 0.0180. The molecule has 0 unspecified atom stereocenters. The summed E-state index contributed by atoms with van der Waals surface area (Å²) in [4.78, 5) is 238. The number of phenolic OH excluding ortho intramolecular Hbond substituents is 1. The van der Waals surface area contributed by atoms with E-state index in [4.69, 9.17) is 5.73 Å². The molecular formula is C77H106N16O24. The average molecular weight is 1640 g/mol. The molecular weight excluding hydrogens is 1530 g/mol. The number of H-pyrrole nitrogens is 2. The Kier molecular flexibility index (Phi) is 36.5. The van der Waals surface area contributed by atoms with Crippen LogP contribution in [0.15, 0.2) is 85.2 Å². The standard InChI is InChI=1S/C77H106N16O24/c1-35(2)27-52(69(109)89-56(31-60(103)104)72(112)87-55(73(113)91-61(36(3)4)65(78)105)30-44-33-80-49-18-14-12-16-47(44)49)85-70(110)53(28-42-19-21-45(98)22-20-42)86-68(108)51(24-26-59(101)102)83-67(107)50(23-25-58(99)100)84-71(111)54(29-43-32-79-48-17-13-11-15-46(43)48)88-74(114)57(34-94)90-76(116)64(40(9)96)93-66(106)38(7)81-75(115)62(37(5)6)92-77(117)63(39(8)95)82-41(10)97/h11-22,32-33,35-40,50-57,61-64,79-80,94-96,98H,23-31,34H2,1-10H3,(H2,78,105)(H,81,115)(H,82,97)(H,83,107)(H,84,111)(H,85,110)(H,86,108)(H,87,112)(H,88,114)(H,89,109)(H,90,116)(H,91,113)(H,92,117)(H,93,106)(H,99,100)(H,101,102)(H,103,104)/t38-,39+,40+,50-,51-,52-,53-,54-,55-,56-,57-,61-,62-,63-,64-/m0/s1. The average Bonchev–Trinajstić information content (AvgIpc) is 1.70. The first-order chi connectivity index (χ1) is 55.0. The van der Waals surface area contributed by atoms with Crippen molar-refractivity contribution in [2.24, 2.45) is 23.5 Å². The van der Waals surface area contributed by atoms with Crippen molar-refractivity contribution in [2.75, 3.05) is 6.61 Å². The molecule has 5 aromatic rings. The molecule has 0 aliphatic rings. The number of rotatable bonds is 47. The number of aromatic nitrogens is 2. The van der Waals surface area contributed by atoms with E-state index in [0.717, 1.165) is 13.8 Å². The fourth-order valence-electron chi connectivity index (χ4n) is 12.3. The summed E-state index contributed by atoms with van der Waals surface area (Å²) in [6.45, 7) is 12.9. The minimum absolute atomic E-state index is 0.233. The zero-order valence-electron chi connectivity index (χ0n) is 66.2. The van der Waals surface area contributed by atoms with E-state index in [0.29, 0.717) is 32.9 Å². The lowest BCUT2D eigenvalue weighted by atomic mass is 9.99. The number of hydrogen-bond donors (Lipinski definition) is 23. The van der Waals surface area contributed by atoms with E-state index in [-0.39, 0.29) is 24.2 Å². The molecule has 0 saturated carbocycles. The summed E-state index contributed by atoms with van der Waals surface area (Å²) in [6, 6.07) is -3.59. The van der Waals surface area contributed by atoms with Gasteiger partial charge in [0.25, 0.3) is 0 Å². The number of aromatic amines is 2. The van der Waals surface area contributed by atoms with Crippen LogP contribution in [0.5, 0.6) is 5.75 Å². The summed E-state index contributed by atoms with van der Waals surface area (Å²) in [5, 5.41) is 104. The van der Waals surface area contributed by atoms with Gasteiger partial charge in [0, 0.05) is 73.2 Å². The molecule has 0 radical (unpaired) electrons. The van der Waals surface area contributed by atoms with E-state index >= 15 is 0 Å². The summed E-state index contributed by atoms with van der Waals surface area (Å²) in [5.41, 5.74) is 7.88. The molecule has 638 valence electrons. The second-order valence-corrected chi connectivity index (χ2v) is 29.5. The zero-order valence-corrected chi connectivity index (χ0v) is 66.2. The third-order valence-electron chi connectivity index (χ3n) is 18.7. The Balaban J connectivity index is 1.42. The molecule has 0 spiro atoms. The number of amides is 14. The fourth-order valence-corrected chi connectivity index (χ4v) is 12.3. The largest absolute Gasteiger partial charge is 0.508 e. The first-order valence-corrected chi connectivity index (χ1v) is 37.7. The molecule has 2 heterocycles. The number of aromatic hydroxyl groups is 1. The van der Waals surface area contributed by atoms with Crippen LogP contribution < -0.4 is 74.9 Å². The van der Waals surface area contributed by atoms with E-state index in [1.807, 2.05) is 0 Å². The molecule has 40 nitrogen and oxygen atoms in total. The third-order valence-corrected chi connectivity index (χ3v) is 18.7. The molecule has 5 rings (SSSR count). The highest BCUT2D eigenvalue weighted by Crippen LogP contribution is 2.23. The number of aliphatic hydroxyl groups excluding tert-OH is 3. The van der Waals surface area contributed by atoms with Gasteiger partial charge in [-0.05, 0) is 98.7 Å². The van der Waals surface area contributed by atoms with Crippen LogP contribution in [-0.2, 0) is 101 Å². The number of carbonyl (C=O) groups excluding carboxylic acids is 14. The van der Waals surface area contributed by atoms with E-state index < -0.39 is 261 Å². The van der Waals surface area contributed by atoms with Gasteiger partial charge in [0.05, 0.1) is 25.2 Å². The molecule has 0 fully saturated rings. The van der Waals surface area contributed by atoms with E-state index in [1.165, 1.54) is 58.2 Å². The number of fused-ring (bicyclic) bond motifs is 2. The Morgan fingerprint density at radius 2 is 0.744 bits per heavy atom. The number of primary amides is 1. The van der Waals surface area contributed by atoms with Crippen molar-refractivity contribution in [3.8, 4) is 5.75 Å². The van der Waals surface area contributed by atoms with Gasteiger partial charge in [-0.15, -0.1) is 0 Å². The van der Waals surface area contributed by atoms with Crippen LogP contribution in [-0.4, -0.2) is 244 Å². The summed E-state index contributed by atoms with van der Waals surface area (Å²) in [6.07, 6.45) is -5.91. The molecule has 24 N–H and O–H groups in total. The minimum Gasteiger partial charge on any atom is -0.508 e. The number of para-hydroxylation sites is 2. The maximum Gasteiger partial charge on any atom is 0.305 e. The van der Waals surface area contributed by atoms with Crippen LogP contribution in [0.4, 0.5) is 0 Å². The molecule has 14 amide bonds. The van der Waals surface area contributed by atoms with Gasteiger partial charge in [0.2, 0.25) is 82.7 Å². The molecule has 40 heteroatoms. The minimum atomic E-state index is -2.02. The van der Waals surface area contributed by atoms with Gasteiger partial charge in [0.15, 0.2) is 0 Å². The number of nitrogens with one attached hydrogen (secondary N) is 15. The number of carboxylic acid groups (broad SMARTS) is 3. The van der Waals surface area contributed by atoms with Gasteiger partial charge in [-0.2, -0.15) is 0 Å². The summed E-state index contributed by atoms with van der Waals surface area (Å²) >= 11 is 0. The Morgan fingerprint density at radius 1 is 0.385 bits per heavy atom. The number of phenols is 1. The molecule has 15 atom stereocenters. The Labute approximate surface area is 671 Å². The van der Waals surface area contributed by atoms with Crippen molar-refractivity contribution in [2.45, 2.75) is 218 Å². The number of carboxylic acids is 3. The van der Waals surface area contributed by atoms with E-state index in [1.54, 1.807) is 82.4 Å². The monoisotopic (exact) mass is 1640 g/mol. The first kappa shape index (κ1) is 95.0. The number of hydrogen-bond acceptors (Lipinski definition) is 21. The van der Waals surface area contributed by atoms with Crippen LogP contribution in [0.3, 0.4) is 0 Å². The Morgan fingerprint density at radius 3 is 1.17 bits per heavy atom. The molecule has 0 saturated heterocycles. The second-order valence-electron chi connectivity index (χ2n) is 29.5. The Bertz CT molecular complexity index is 4390. The Hall–Kier alpha value is -12.6. The lowest BCUT2D eigenvalue weighted by molar-refractivity contribution is -0.142. The fraction of sp³-hybridized carbons (Fsp3) is 0.494. The number of nitrogens with two attached hydrogens (primary N) is 1. The van der Waals surface area contributed by atoms with Crippen LogP contribution >= 0.6 is 0 Å². The predicted octanol–water partition coefficient (Wildman–Crippen LogP) is -3.47. The molecule has 0 aliphatic heterocycles. The van der Waals surface area contributed by atoms with E-state index in [2.05, 4.69) is 79.1 Å². The number of benzene rings is 3. The van der Waals surface area contributed by atoms with Crippen molar-refractivity contribution >= 4 is 122 Å². The van der Waals surface area contributed by atoms with Crippen molar-refractivity contribution in [3.63, 3.8) is 0 Å². The number of aliphatic carboxylic acids is 3. The van der Waals surface area contributed by atoms with Gasteiger partial charge in [-0.25, -0.2) is 0 Å². The zero-order chi connectivity index (χ0) is 87.4. The smallest absolute Gasteiger partial charge is 0.305 e. The van der Waals surface area contributed by atoms with Crippen LogP contribution in [0.25, 0.3) is 21.8 Å². The highest BCUT2D eigenvalue weighted by Gasteiger charge is 2.40. The summed E-state index contributed by atoms with van der Waals surface area (Å²) in [5.74, 6) is -21.9. The van der Waals surface area contributed by atoms with Gasteiger partial charge in [-0.1, -0.05) is 90.1 Å². The maximum atomic E-state index is 14.9. The highest BCUT2D eigenvalue weighted by molar-refractivity contribution is 6.01. The summed E-state index contributed by atoms with van der Waals surface area (Å²) in [7, 11) is 0. The van der Waals surface area contributed by atoms with Gasteiger partial charge < -0.3 is 121 Å². The van der Waals surface area contributed by atoms with Crippen molar-refractivity contribution < 1.29 is 117 Å². The van der Waals surface area contributed by atoms with Crippen molar-refractivity contribution in [1.29, 1.82) is 0 Å². The van der Waals surface area contributed by atoms with Crippen molar-refractivity contribution in [3.05, 3.63) is 102 Å². The second kappa shape index (κ2) is 44.9. The van der Waals surface area contributed by atoms with Gasteiger partial charge in [-0.3, -0.25) is 81.5 Å². The summed E-state index contributed by atoms with van der Waals surface area (Å²) < 4.78 is 0. The lowest BCUT2D eigenvalue weighted by Gasteiger charge is -2.29. The third kappa shape index (κ3) is 29.6. The van der Waals surface area contributed by atoms with Gasteiger partial charge in [0.1, 0.15) is 84.3 Å². The maximum absolute atomic E-state index is 14.9. The lowest BCUT2D eigenvalue weighted by Crippen LogP contribution is -2.62. The molecule has 3 aromatic carbocycles. The normalized spacial score (nSPS) is 15.2. The van der Waals surface area contributed by atoms with Crippen LogP contribution in [0.2, 0.25) is 0 Å². The predicted molar refractivity (Wildman–Crippen MR) is 417 cm³/mol. The molecule has 117 heavy (non-hydrogen) atoms. The highest BCUT2D eigenvalue weighted by atomic mass is 16.4. The molecule has 0 bridgehead atoms. The topological polar surface area (TPSA) is 646 Å². The van der Waals surface area contributed by atoms with Crippen LogP contribution in [0.1, 0.15) is 124 Å².